The number of hydrogen-bond acceptors (Lipinski definition) is 0. The maximum atomic E-state index is 3.81. The highest BCUT2D eigenvalue weighted by molar-refractivity contribution is 4.86. The standard InChI is InChI=1S/C8H15/c1-4-5-6-7-8(2)3/h1-2,4-7H2,3H3. The quantitative estimate of drug-likeness (QED) is 0.386. The molecule has 0 N–H and O–H groups in total. The second kappa shape index (κ2) is 4.89. The van der Waals surface area contributed by atoms with Crippen LogP contribution in [0.5, 0.6) is 0 Å². The van der Waals surface area contributed by atoms with Gasteiger partial charge in [-0.1, -0.05) is 25.3 Å². The topological polar surface area (TPSA) is 0 Å². The number of rotatable bonds is 4. The summed E-state index contributed by atoms with van der Waals surface area (Å²) in [5.41, 5.74) is 1.29. The molecule has 0 aliphatic heterocycles. The molecular formula is C8H15. The molecule has 0 fully saturated rings. The molecule has 47 valence electrons. The van der Waals surface area contributed by atoms with E-state index in [1.807, 2.05) is 0 Å². The third-order valence-corrected chi connectivity index (χ3v) is 1.10. The van der Waals surface area contributed by atoms with E-state index in [9.17, 15) is 0 Å². The van der Waals surface area contributed by atoms with E-state index < -0.39 is 0 Å². The SMILES string of the molecule is [CH2]CCCCC(=C)C. The molecule has 0 atom stereocenters. The van der Waals surface area contributed by atoms with E-state index in [-0.39, 0.29) is 0 Å². The van der Waals surface area contributed by atoms with Crippen molar-refractivity contribution in [3.8, 4) is 0 Å². The molecule has 1 radical (unpaired) electrons. The lowest BCUT2D eigenvalue weighted by Gasteiger charge is -1.94. The van der Waals surface area contributed by atoms with Crippen molar-refractivity contribution in [2.45, 2.75) is 32.6 Å². The van der Waals surface area contributed by atoms with Crippen molar-refractivity contribution in [1.82, 2.24) is 0 Å². The summed E-state index contributed by atoms with van der Waals surface area (Å²) in [4.78, 5) is 0. The number of hydrogen-bond donors (Lipinski definition) is 0. The molecule has 0 amide bonds. The Bertz CT molecular complexity index is 62.4. The highest BCUT2D eigenvalue weighted by Crippen LogP contribution is 2.04. The maximum Gasteiger partial charge on any atom is -0.0326 e. The lowest BCUT2D eigenvalue weighted by molar-refractivity contribution is 0.742. The highest BCUT2D eigenvalue weighted by Gasteiger charge is 1.84. The van der Waals surface area contributed by atoms with Crippen molar-refractivity contribution in [2.24, 2.45) is 0 Å². The van der Waals surface area contributed by atoms with Crippen LogP contribution in [0.15, 0.2) is 12.2 Å². The number of allylic oxidation sites excluding steroid dienone is 1. The largest absolute Gasteiger partial charge is 0.100 e. The van der Waals surface area contributed by atoms with E-state index in [2.05, 4.69) is 20.4 Å². The van der Waals surface area contributed by atoms with E-state index in [1.54, 1.807) is 0 Å². The summed E-state index contributed by atoms with van der Waals surface area (Å²) < 4.78 is 0. The summed E-state index contributed by atoms with van der Waals surface area (Å²) in [7, 11) is 0. The first-order valence-corrected chi connectivity index (χ1v) is 3.21. The van der Waals surface area contributed by atoms with Crippen LogP contribution in [0.4, 0.5) is 0 Å². The molecule has 0 unspecified atom stereocenters. The highest BCUT2D eigenvalue weighted by atomic mass is 13.9. The van der Waals surface area contributed by atoms with Crippen LogP contribution in [0.2, 0.25) is 0 Å². The molecule has 0 saturated carbocycles. The first-order chi connectivity index (χ1) is 3.77. The lowest BCUT2D eigenvalue weighted by Crippen LogP contribution is -1.74. The van der Waals surface area contributed by atoms with Crippen LogP contribution in [0.1, 0.15) is 32.6 Å². The second-order valence-electron chi connectivity index (χ2n) is 2.27. The van der Waals surface area contributed by atoms with Crippen LogP contribution >= 0.6 is 0 Å². The Morgan fingerprint density at radius 1 is 1.38 bits per heavy atom. The minimum atomic E-state index is 1.06. The molecule has 0 heteroatoms. The fraction of sp³-hybridized carbons (Fsp3) is 0.625. The summed E-state index contributed by atoms with van der Waals surface area (Å²) in [6.07, 6.45) is 4.74. The van der Waals surface area contributed by atoms with Crippen molar-refractivity contribution in [1.29, 1.82) is 0 Å². The second-order valence-corrected chi connectivity index (χ2v) is 2.27. The molecule has 0 spiro atoms. The summed E-state index contributed by atoms with van der Waals surface area (Å²) in [6, 6.07) is 0. The van der Waals surface area contributed by atoms with Crippen molar-refractivity contribution < 1.29 is 0 Å². The van der Waals surface area contributed by atoms with Gasteiger partial charge in [0.2, 0.25) is 0 Å². The zero-order valence-electron chi connectivity index (χ0n) is 5.74. The number of unbranched alkanes of at least 4 members (excludes halogenated alkanes) is 2. The Morgan fingerprint density at radius 2 is 2.00 bits per heavy atom. The maximum absolute atomic E-state index is 3.81. The van der Waals surface area contributed by atoms with Gasteiger partial charge in [0.05, 0.1) is 0 Å². The first-order valence-electron chi connectivity index (χ1n) is 3.21. The van der Waals surface area contributed by atoms with Gasteiger partial charge in [-0.05, 0) is 19.8 Å². The van der Waals surface area contributed by atoms with Gasteiger partial charge in [0.1, 0.15) is 0 Å². The van der Waals surface area contributed by atoms with Crippen LogP contribution in [0.3, 0.4) is 0 Å². The van der Waals surface area contributed by atoms with Gasteiger partial charge < -0.3 is 0 Å². The van der Waals surface area contributed by atoms with Gasteiger partial charge in [-0.25, -0.2) is 0 Å². The monoisotopic (exact) mass is 111 g/mol. The van der Waals surface area contributed by atoms with Crippen LogP contribution in [0, 0.1) is 6.92 Å². The van der Waals surface area contributed by atoms with E-state index >= 15 is 0 Å². The Morgan fingerprint density at radius 3 is 2.38 bits per heavy atom. The molecule has 0 aliphatic rings. The van der Waals surface area contributed by atoms with E-state index in [4.69, 9.17) is 0 Å². The molecule has 0 nitrogen and oxygen atoms in total. The Balaban J connectivity index is 2.82. The van der Waals surface area contributed by atoms with Crippen molar-refractivity contribution in [3.05, 3.63) is 19.1 Å². The molecule has 0 heterocycles. The smallest absolute Gasteiger partial charge is 0.0326 e. The fourth-order valence-corrected chi connectivity index (χ4v) is 0.604. The molecule has 0 rings (SSSR count). The normalized spacial score (nSPS) is 9.25. The minimum absolute atomic E-state index is 1.06. The van der Waals surface area contributed by atoms with Gasteiger partial charge >= 0.3 is 0 Å². The van der Waals surface area contributed by atoms with E-state index in [0.29, 0.717) is 0 Å². The molecular weight excluding hydrogens is 96.1 g/mol. The Labute approximate surface area is 52.6 Å². The summed E-state index contributed by atoms with van der Waals surface area (Å²) >= 11 is 0. The van der Waals surface area contributed by atoms with E-state index in [0.717, 1.165) is 6.42 Å². The van der Waals surface area contributed by atoms with Gasteiger partial charge in [-0.15, -0.1) is 6.58 Å². The van der Waals surface area contributed by atoms with Gasteiger partial charge in [-0.3, -0.25) is 0 Å². The predicted octanol–water partition coefficient (Wildman–Crippen LogP) is 2.96. The summed E-state index contributed by atoms with van der Waals surface area (Å²) in [6.45, 7) is 9.63. The van der Waals surface area contributed by atoms with Crippen LogP contribution in [-0.2, 0) is 0 Å². The Hall–Kier alpha value is -0.260. The summed E-state index contributed by atoms with van der Waals surface area (Å²) in [5, 5.41) is 0. The van der Waals surface area contributed by atoms with Crippen molar-refractivity contribution >= 4 is 0 Å². The Kier molecular flexibility index (Phi) is 4.73. The van der Waals surface area contributed by atoms with Gasteiger partial charge in [0.15, 0.2) is 0 Å². The molecule has 8 heavy (non-hydrogen) atoms. The zero-order valence-corrected chi connectivity index (χ0v) is 5.74. The predicted molar refractivity (Wildman–Crippen MR) is 38.6 cm³/mol. The molecule has 0 aromatic carbocycles. The molecule has 0 aromatic heterocycles. The average molecular weight is 111 g/mol. The third kappa shape index (κ3) is 5.74. The molecule has 0 saturated heterocycles. The van der Waals surface area contributed by atoms with Crippen LogP contribution < -0.4 is 0 Å². The molecule has 0 aliphatic carbocycles. The minimum Gasteiger partial charge on any atom is -0.100 e. The first kappa shape index (κ1) is 7.74. The van der Waals surface area contributed by atoms with E-state index in [1.165, 1.54) is 24.8 Å². The van der Waals surface area contributed by atoms with Gasteiger partial charge in [0.25, 0.3) is 0 Å². The summed E-state index contributed by atoms with van der Waals surface area (Å²) in [5.74, 6) is 0. The molecule has 0 bridgehead atoms. The average Bonchev–Trinajstić information content (AvgIpc) is 1.66. The van der Waals surface area contributed by atoms with Crippen LogP contribution in [0.25, 0.3) is 0 Å². The van der Waals surface area contributed by atoms with Crippen LogP contribution in [-0.4, -0.2) is 0 Å². The van der Waals surface area contributed by atoms with Crippen molar-refractivity contribution in [3.63, 3.8) is 0 Å². The lowest BCUT2D eigenvalue weighted by atomic mass is 10.1. The zero-order chi connectivity index (χ0) is 6.41. The fourth-order valence-electron chi connectivity index (χ4n) is 0.604. The molecule has 0 aromatic rings. The third-order valence-electron chi connectivity index (χ3n) is 1.10. The van der Waals surface area contributed by atoms with Gasteiger partial charge in [0, 0.05) is 0 Å². The van der Waals surface area contributed by atoms with Gasteiger partial charge in [-0.2, -0.15) is 0 Å². The van der Waals surface area contributed by atoms with Crippen molar-refractivity contribution in [2.75, 3.05) is 0 Å².